The van der Waals surface area contributed by atoms with Crippen LogP contribution in [0.1, 0.15) is 190 Å². The number of hydrogen-bond donors (Lipinski definition) is 26. The maximum Gasteiger partial charge on any atom is 0.328 e. The first-order valence-electron chi connectivity index (χ1n) is 45.5. The van der Waals surface area contributed by atoms with Crippen molar-refractivity contribution in [3.8, 4) is 5.75 Å². The van der Waals surface area contributed by atoms with Crippen LogP contribution in [0.4, 0.5) is 0 Å². The molecule has 0 aliphatic carbocycles. The Morgan fingerprint density at radius 2 is 0.850 bits per heavy atom. The van der Waals surface area contributed by atoms with E-state index >= 15 is 0 Å². The molecule has 0 spiro atoms. The van der Waals surface area contributed by atoms with Crippen molar-refractivity contribution in [3.63, 3.8) is 0 Å². The second kappa shape index (κ2) is 57.7. The van der Waals surface area contributed by atoms with E-state index in [9.17, 15) is 117 Å². The zero-order chi connectivity index (χ0) is 99.6. The molecule has 1 aromatic heterocycles. The molecule has 0 unspecified atom stereocenters. The third kappa shape index (κ3) is 36.4. The molecule has 0 saturated carbocycles. The van der Waals surface area contributed by atoms with Crippen LogP contribution in [0.25, 0.3) is 0 Å². The van der Waals surface area contributed by atoms with Crippen LogP contribution in [0.2, 0.25) is 0 Å². The van der Waals surface area contributed by atoms with Crippen LogP contribution in [0.15, 0.2) is 36.8 Å². The number of carbonyl (C=O) groups excluding carboxylic acids is 17. The summed E-state index contributed by atoms with van der Waals surface area (Å²) in [5.74, 6) is -20.2. The fourth-order valence-electron chi connectivity index (χ4n) is 14.9. The van der Waals surface area contributed by atoms with E-state index in [2.05, 4.69) is 84.4 Å². The van der Waals surface area contributed by atoms with Gasteiger partial charge in [0, 0.05) is 32.1 Å². The molecule has 2 aliphatic heterocycles. The molecular weight excluding hydrogens is 1740 g/mol. The number of phenolic OH excluding ortho intramolecular Hbond substituents is 1. The lowest BCUT2D eigenvalue weighted by atomic mass is 9.96. The van der Waals surface area contributed by atoms with Crippen molar-refractivity contribution in [1.29, 1.82) is 0 Å². The molecule has 17 amide bonds. The highest BCUT2D eigenvalue weighted by Crippen LogP contribution is 2.25. The Kier molecular flexibility index (Phi) is 49.3. The van der Waals surface area contributed by atoms with Crippen LogP contribution < -0.4 is 103 Å². The summed E-state index contributed by atoms with van der Waals surface area (Å²) >= 11 is 0. The number of likely N-dealkylation sites (tertiary alicyclic amines) is 2. The molecule has 0 bridgehead atoms. The summed E-state index contributed by atoms with van der Waals surface area (Å²) in [6.45, 7) is 13.2. The van der Waals surface area contributed by atoms with Crippen molar-refractivity contribution in [2.75, 3.05) is 52.5 Å². The Hall–Kier alpha value is -11.6. The standard InChI is InChI=1S/C86H143N23O24/c1-11-45(6)67(106-83(129)70(49(10)113)107-82(128)69(47(8)13-3)105-77(123)62-26-21-34-108(62)84(130)58(37-51-39-92-43-94-51)100-81(127)68(46(7)12-2)104-75(121)57(38-63(90)115)99-78(124)65(91)48(9)112)79(125)93-40-64(116)95-53(22-14-17-31-87)71(117)101-59(41-110)85(131)109-35-20-25-61(109)76(122)96-54(23-15-18-32-88)72(118)98-56(36-50-27-29-52(114)30-28-50)74(120)103-66(44(4)5)80(126)97-55(24-16-19-33-89)73(119)102-60(42-111)86(132)133/h27-30,39,43-49,53-62,65-70,110-114H,11-26,31-38,40-42,87-89,91H2,1-10H3,(H2,90,115)(H,92,94)(H,93,125)(H,95,116)(H,96,122)(H,97,126)(H,98,118)(H,99,124)(H,100,127)(H,101,117)(H,102,119)(H,103,120)(H,104,121)(H,105,123)(H,106,129)(H,107,128)(H,132,133)/t45-,46-,47-,48+,49+,53-,54-,55-,56-,57-,58-,59-,60-,61-,62-,65-,66-,67-,68-,69-,70-/m0/s1. The first-order chi connectivity index (χ1) is 63.0. The Morgan fingerprint density at radius 3 is 1.32 bits per heavy atom. The van der Waals surface area contributed by atoms with E-state index in [1.807, 2.05) is 0 Å². The molecule has 47 nitrogen and oxygen atoms in total. The van der Waals surface area contributed by atoms with Gasteiger partial charge in [-0.25, -0.2) is 9.78 Å². The number of nitrogens with one attached hydrogen (secondary N) is 15. The molecule has 1 aromatic carbocycles. The number of H-pyrrole nitrogens is 1. The van der Waals surface area contributed by atoms with Crippen LogP contribution in [0.5, 0.6) is 5.75 Å². The van der Waals surface area contributed by atoms with E-state index < -0.39 is 265 Å². The first-order valence-corrected chi connectivity index (χ1v) is 45.5. The lowest BCUT2D eigenvalue weighted by Gasteiger charge is -2.33. The van der Waals surface area contributed by atoms with Crippen LogP contribution >= 0.6 is 0 Å². The maximum absolute atomic E-state index is 14.9. The van der Waals surface area contributed by atoms with E-state index in [0.717, 1.165) is 4.90 Å². The molecule has 133 heavy (non-hydrogen) atoms. The van der Waals surface area contributed by atoms with E-state index in [1.54, 1.807) is 55.4 Å². The molecule has 2 fully saturated rings. The summed E-state index contributed by atoms with van der Waals surface area (Å²) in [7, 11) is 0. The molecule has 746 valence electrons. The zero-order valence-corrected chi connectivity index (χ0v) is 77.5. The Labute approximate surface area is 773 Å². The summed E-state index contributed by atoms with van der Waals surface area (Å²) in [6.07, 6.45) is 1.68. The number of phenols is 1. The number of aromatic hydroxyl groups is 1. The number of benzene rings is 1. The monoisotopic (exact) mass is 1880 g/mol. The quantitative estimate of drug-likeness (QED) is 0.0274. The van der Waals surface area contributed by atoms with Crippen LogP contribution in [-0.2, 0) is 99.1 Å². The van der Waals surface area contributed by atoms with Gasteiger partial charge in [-0.3, -0.25) is 81.5 Å². The average molecular weight is 1880 g/mol. The van der Waals surface area contributed by atoms with E-state index in [-0.39, 0.29) is 128 Å². The van der Waals surface area contributed by atoms with Crippen molar-refractivity contribution in [2.24, 2.45) is 52.3 Å². The molecule has 21 atom stereocenters. The lowest BCUT2D eigenvalue weighted by molar-refractivity contribution is -0.143. The number of aliphatic hydroxyl groups excluding tert-OH is 4. The number of nitrogens with zero attached hydrogens (tertiary/aromatic N) is 3. The second-order valence-electron chi connectivity index (χ2n) is 34.3. The highest BCUT2D eigenvalue weighted by atomic mass is 16.4. The highest BCUT2D eigenvalue weighted by molar-refractivity contribution is 6.02. The fraction of sp³-hybridized carbons (Fsp3) is 0.686. The number of carboxylic acids is 1. The summed E-state index contributed by atoms with van der Waals surface area (Å²) in [4.78, 5) is 261. The Bertz CT molecular complexity index is 4180. The van der Waals surface area contributed by atoms with E-state index in [4.69, 9.17) is 28.7 Å². The number of amides is 17. The minimum absolute atomic E-state index is 0.0111. The van der Waals surface area contributed by atoms with Gasteiger partial charge < -0.3 is 149 Å². The van der Waals surface area contributed by atoms with Gasteiger partial charge in [-0.1, -0.05) is 86.8 Å². The summed E-state index contributed by atoms with van der Waals surface area (Å²) in [5.41, 5.74) is 29.2. The smallest absolute Gasteiger partial charge is 0.328 e. The van der Waals surface area contributed by atoms with Gasteiger partial charge in [0.05, 0.1) is 50.4 Å². The topological polar surface area (TPSA) is 762 Å². The summed E-state index contributed by atoms with van der Waals surface area (Å²) in [5, 5.41) is 96.7. The molecule has 2 aromatic rings. The number of primary amides is 1. The molecule has 4 rings (SSSR count). The van der Waals surface area contributed by atoms with Gasteiger partial charge in [0.15, 0.2) is 0 Å². The van der Waals surface area contributed by atoms with Crippen molar-refractivity contribution in [3.05, 3.63) is 48.0 Å². The van der Waals surface area contributed by atoms with Gasteiger partial charge in [0.2, 0.25) is 100 Å². The van der Waals surface area contributed by atoms with Gasteiger partial charge in [0.1, 0.15) is 102 Å². The molecule has 31 N–H and O–H groups in total. The number of rotatable bonds is 60. The predicted octanol–water partition coefficient (Wildman–Crippen LogP) is -7.48. The average Bonchev–Trinajstić information content (AvgIpc) is 1.81. The first kappa shape index (κ1) is 114. The third-order valence-corrected chi connectivity index (χ3v) is 23.6. The van der Waals surface area contributed by atoms with E-state index in [0.29, 0.717) is 36.9 Å². The number of carbonyl (C=O) groups is 18. The lowest BCUT2D eigenvalue weighted by Crippen LogP contribution is -2.63. The van der Waals surface area contributed by atoms with Crippen molar-refractivity contribution in [1.82, 2.24) is 94.2 Å². The molecule has 3 heterocycles. The summed E-state index contributed by atoms with van der Waals surface area (Å²) < 4.78 is 0. The number of carboxylic acid groups (broad SMARTS) is 1. The predicted molar refractivity (Wildman–Crippen MR) is 481 cm³/mol. The zero-order valence-electron chi connectivity index (χ0n) is 77.5. The SMILES string of the molecule is CC[C@H](C)[C@H](NC(=O)[C@H](CC(N)=O)NC(=O)[C@@H](N)[C@@H](C)O)C(=O)N[C@@H](Cc1c[nH]cn1)C(=O)N1CCC[C@H]1C(=O)N[C@H](C(=O)N[C@H](C(=O)N[C@H](C(=O)NCC(=O)N[C@@H](CCCCN)C(=O)N[C@@H](CO)C(=O)N1CCC[C@H]1C(=O)N[C@@H](CCCCN)C(=O)N[C@@H](Cc1ccc(O)cc1)C(=O)N[C@H](C(=O)N[C@@H](CCCCN)C(=O)N[C@@H](CO)C(=O)O)C(C)C)[C@@H](C)CC)[C@@H](C)O)[C@@H](C)CC. The van der Waals surface area contributed by atoms with Gasteiger partial charge in [-0.2, -0.15) is 0 Å². The minimum Gasteiger partial charge on any atom is -0.508 e. The number of hydrogen-bond acceptors (Lipinski definition) is 28. The molecular formula is C86H143N23O24. The molecule has 2 aliphatic rings. The van der Waals surface area contributed by atoms with Crippen LogP contribution in [0.3, 0.4) is 0 Å². The third-order valence-electron chi connectivity index (χ3n) is 23.6. The minimum atomic E-state index is -1.80. The fourth-order valence-corrected chi connectivity index (χ4v) is 14.9. The molecule has 47 heteroatoms. The number of aliphatic hydroxyl groups is 4. The van der Waals surface area contributed by atoms with Gasteiger partial charge >= 0.3 is 5.97 Å². The normalized spacial score (nSPS) is 17.9. The number of aromatic nitrogens is 2. The number of unbranched alkanes of at least 4 members (excludes halogenated alkanes) is 3. The molecule has 2 saturated heterocycles. The second-order valence-corrected chi connectivity index (χ2v) is 34.3. The Morgan fingerprint density at radius 1 is 0.451 bits per heavy atom. The summed E-state index contributed by atoms with van der Waals surface area (Å²) in [6, 6.07) is -18.2. The number of imidazole rings is 1. The highest BCUT2D eigenvalue weighted by Gasteiger charge is 2.45. The molecule has 0 radical (unpaired) electrons. The van der Waals surface area contributed by atoms with Crippen molar-refractivity contribution >= 4 is 106 Å². The van der Waals surface area contributed by atoms with Gasteiger partial charge in [0.25, 0.3) is 0 Å². The largest absolute Gasteiger partial charge is 0.508 e. The van der Waals surface area contributed by atoms with Crippen LogP contribution in [0, 0.1) is 23.7 Å². The number of aromatic amines is 1. The van der Waals surface area contributed by atoms with Crippen molar-refractivity contribution < 1.29 is 117 Å². The van der Waals surface area contributed by atoms with Gasteiger partial charge in [-0.05, 0) is 158 Å². The Balaban J connectivity index is 1.50. The van der Waals surface area contributed by atoms with Gasteiger partial charge in [-0.15, -0.1) is 0 Å². The maximum atomic E-state index is 14.9. The van der Waals surface area contributed by atoms with Crippen LogP contribution in [-0.4, -0.2) is 318 Å². The van der Waals surface area contributed by atoms with Crippen molar-refractivity contribution in [2.45, 2.75) is 300 Å². The number of aliphatic carboxylic acids is 1. The number of nitrogens with two attached hydrogens (primary N) is 5. The van der Waals surface area contributed by atoms with E-state index in [1.165, 1.54) is 55.5 Å².